The highest BCUT2D eigenvalue weighted by Gasteiger charge is 2.30. The molecule has 5 unspecified atom stereocenters. The quantitative estimate of drug-likeness (QED) is 0.0169. The normalized spacial score (nSPS) is 14.9. The van der Waals surface area contributed by atoms with Gasteiger partial charge in [0, 0.05) is 25.7 Å². The number of aliphatic hydroxyl groups excluding tert-OH is 1. The number of allylic oxidation sites excluding steroid dienone is 36. The number of phosphoric acid groups is 2. The van der Waals surface area contributed by atoms with Crippen LogP contribution in [0.1, 0.15) is 272 Å². The third kappa shape index (κ3) is 79.5. The summed E-state index contributed by atoms with van der Waals surface area (Å²) in [4.78, 5) is 73.1. The van der Waals surface area contributed by atoms with Gasteiger partial charge in [-0.2, -0.15) is 0 Å². The maximum atomic E-state index is 13.1. The Labute approximate surface area is 664 Å². The largest absolute Gasteiger partial charge is 0.472 e. The zero-order valence-corrected chi connectivity index (χ0v) is 69.4. The van der Waals surface area contributed by atoms with Crippen LogP contribution in [0, 0.1) is 0 Å². The number of carbonyl (C=O) groups excluding carboxylic acids is 4. The molecule has 0 heterocycles. The van der Waals surface area contributed by atoms with Crippen molar-refractivity contribution in [1.82, 2.24) is 0 Å². The third-order valence-electron chi connectivity index (χ3n) is 15.9. The van der Waals surface area contributed by atoms with Crippen LogP contribution in [-0.2, 0) is 65.4 Å². The Morgan fingerprint density at radius 1 is 0.264 bits per heavy atom. The number of rotatable bonds is 74. The van der Waals surface area contributed by atoms with E-state index in [1.807, 2.05) is 30.4 Å². The van der Waals surface area contributed by atoms with Crippen molar-refractivity contribution in [2.75, 3.05) is 39.6 Å². The lowest BCUT2D eigenvalue weighted by atomic mass is 10.1. The molecule has 0 aliphatic rings. The summed E-state index contributed by atoms with van der Waals surface area (Å²) < 4.78 is 68.5. The minimum absolute atomic E-state index is 0.0174. The highest BCUT2D eigenvalue weighted by Crippen LogP contribution is 2.45. The molecular formula is C91H142O17P2. The SMILES string of the molecule is CC/C=C\C/C=C\C/C=C\C/C=C\C/C=C\C/C=C\CCC(=O)OCC(COP(=O)(O)OCC(O)COP(=O)(O)OCC(COC(=O)CCC/C=C\C/C=C\C/C=C\C/C=C\C/C=C\CC)OC(=O)CCCCCCC/C=C\C/C=C\CCCCC)OC(=O)CCCCC/C=C\C/C=C\C/C=C\C/C=C\C/C=C\CC. The molecule has 0 saturated heterocycles. The van der Waals surface area contributed by atoms with Gasteiger partial charge in [0.1, 0.15) is 19.3 Å². The number of hydrogen-bond acceptors (Lipinski definition) is 15. The van der Waals surface area contributed by atoms with Gasteiger partial charge in [0.15, 0.2) is 12.2 Å². The molecule has 0 aromatic heterocycles. The Hall–Kier alpha value is -6.62. The molecule has 0 bridgehead atoms. The molecule has 0 spiro atoms. The molecule has 17 nitrogen and oxygen atoms in total. The first-order chi connectivity index (χ1) is 53.7. The van der Waals surface area contributed by atoms with E-state index in [4.69, 9.17) is 37.0 Å². The molecule has 0 aliphatic heterocycles. The van der Waals surface area contributed by atoms with E-state index in [2.05, 4.69) is 216 Å². The summed E-state index contributed by atoms with van der Waals surface area (Å²) in [5, 5.41) is 10.7. The number of esters is 4. The lowest BCUT2D eigenvalue weighted by Gasteiger charge is -2.21. The molecule has 19 heteroatoms. The van der Waals surface area contributed by atoms with Gasteiger partial charge in [-0.25, -0.2) is 9.13 Å². The van der Waals surface area contributed by atoms with Gasteiger partial charge >= 0.3 is 39.5 Å². The lowest BCUT2D eigenvalue weighted by molar-refractivity contribution is -0.161. The van der Waals surface area contributed by atoms with Gasteiger partial charge in [-0.3, -0.25) is 37.3 Å². The summed E-state index contributed by atoms with van der Waals surface area (Å²) in [5.41, 5.74) is 0. The summed E-state index contributed by atoms with van der Waals surface area (Å²) in [7, 11) is -10.0. The number of hydrogen-bond donors (Lipinski definition) is 3. The number of phosphoric ester groups is 2. The van der Waals surface area contributed by atoms with Gasteiger partial charge in [-0.15, -0.1) is 0 Å². The maximum Gasteiger partial charge on any atom is 0.472 e. The van der Waals surface area contributed by atoms with Crippen LogP contribution in [-0.4, -0.2) is 96.7 Å². The zero-order valence-electron chi connectivity index (χ0n) is 67.6. The second-order valence-electron chi connectivity index (χ2n) is 26.2. The fourth-order valence-corrected chi connectivity index (χ4v) is 11.4. The summed E-state index contributed by atoms with van der Waals surface area (Å²) in [6.45, 7) is 4.27. The number of unbranched alkanes of at least 4 members (excludes halogenated alkanes) is 12. The van der Waals surface area contributed by atoms with E-state index in [-0.39, 0.29) is 25.7 Å². The van der Waals surface area contributed by atoms with Crippen molar-refractivity contribution in [1.29, 1.82) is 0 Å². The maximum absolute atomic E-state index is 13.1. The molecule has 3 N–H and O–H groups in total. The van der Waals surface area contributed by atoms with Crippen LogP contribution < -0.4 is 0 Å². The highest BCUT2D eigenvalue weighted by molar-refractivity contribution is 7.47. The second-order valence-corrected chi connectivity index (χ2v) is 29.1. The molecule has 618 valence electrons. The zero-order chi connectivity index (χ0) is 80.3. The Morgan fingerprint density at radius 2 is 0.500 bits per heavy atom. The minimum atomic E-state index is -5.02. The van der Waals surface area contributed by atoms with Crippen LogP contribution in [0.4, 0.5) is 0 Å². The van der Waals surface area contributed by atoms with E-state index >= 15 is 0 Å². The monoisotopic (exact) mass is 1570 g/mol. The molecule has 0 amide bonds. The van der Waals surface area contributed by atoms with E-state index < -0.39 is 97.5 Å². The molecular weight excluding hydrogens is 1430 g/mol. The average Bonchev–Trinajstić information content (AvgIpc) is 0.900. The van der Waals surface area contributed by atoms with E-state index in [1.54, 1.807) is 0 Å². The molecule has 0 fully saturated rings. The van der Waals surface area contributed by atoms with Crippen LogP contribution in [0.3, 0.4) is 0 Å². The Balaban J connectivity index is 5.57. The van der Waals surface area contributed by atoms with Crippen LogP contribution in [0.15, 0.2) is 219 Å². The predicted molar refractivity (Wildman–Crippen MR) is 454 cm³/mol. The van der Waals surface area contributed by atoms with Gasteiger partial charge in [0.05, 0.1) is 26.4 Å². The topological polar surface area (TPSA) is 237 Å². The summed E-state index contributed by atoms with van der Waals surface area (Å²) in [6, 6.07) is 0. The number of ether oxygens (including phenoxy) is 4. The lowest BCUT2D eigenvalue weighted by Crippen LogP contribution is -2.30. The summed E-state index contributed by atoms with van der Waals surface area (Å²) >= 11 is 0. The second kappa shape index (κ2) is 80.4. The van der Waals surface area contributed by atoms with Crippen molar-refractivity contribution >= 4 is 39.5 Å². The Kier molecular flexibility index (Phi) is 75.6. The first-order valence-corrected chi connectivity index (χ1v) is 44.0. The Bertz CT molecular complexity index is 2950. The smallest absolute Gasteiger partial charge is 0.462 e. The van der Waals surface area contributed by atoms with Crippen molar-refractivity contribution in [2.45, 2.75) is 290 Å². The van der Waals surface area contributed by atoms with E-state index in [1.165, 1.54) is 19.3 Å². The van der Waals surface area contributed by atoms with E-state index in [0.29, 0.717) is 38.5 Å². The fraction of sp³-hybridized carbons (Fsp3) is 0.560. The van der Waals surface area contributed by atoms with Crippen molar-refractivity contribution in [2.24, 2.45) is 0 Å². The molecule has 0 aromatic rings. The van der Waals surface area contributed by atoms with Crippen LogP contribution in [0.25, 0.3) is 0 Å². The molecule has 5 atom stereocenters. The highest BCUT2D eigenvalue weighted by atomic mass is 31.2. The average molecular weight is 1570 g/mol. The summed E-state index contributed by atoms with van der Waals surface area (Å²) in [6.07, 6.45) is 102. The van der Waals surface area contributed by atoms with Crippen molar-refractivity contribution < 1.29 is 80.2 Å². The van der Waals surface area contributed by atoms with Crippen LogP contribution >= 0.6 is 15.6 Å². The molecule has 0 aliphatic carbocycles. The fourth-order valence-electron chi connectivity index (χ4n) is 9.81. The molecule has 110 heavy (non-hydrogen) atoms. The van der Waals surface area contributed by atoms with Crippen molar-refractivity contribution in [3.8, 4) is 0 Å². The minimum Gasteiger partial charge on any atom is -0.462 e. The van der Waals surface area contributed by atoms with Crippen LogP contribution in [0.2, 0.25) is 0 Å². The van der Waals surface area contributed by atoms with Crippen LogP contribution in [0.5, 0.6) is 0 Å². The van der Waals surface area contributed by atoms with Crippen molar-refractivity contribution in [3.63, 3.8) is 0 Å². The van der Waals surface area contributed by atoms with Gasteiger partial charge in [0.25, 0.3) is 0 Å². The third-order valence-corrected chi connectivity index (χ3v) is 17.8. The number of aliphatic hydroxyl groups is 1. The number of carbonyl (C=O) groups is 4. The van der Waals surface area contributed by atoms with Crippen molar-refractivity contribution in [3.05, 3.63) is 219 Å². The first kappa shape index (κ1) is 103. The molecule has 0 saturated carbocycles. The van der Waals surface area contributed by atoms with Gasteiger partial charge in [-0.05, 0) is 180 Å². The summed E-state index contributed by atoms with van der Waals surface area (Å²) in [5.74, 6) is -2.42. The van der Waals surface area contributed by atoms with Gasteiger partial charge in [-0.1, -0.05) is 285 Å². The Morgan fingerprint density at radius 3 is 0.818 bits per heavy atom. The molecule has 0 rings (SSSR count). The van der Waals surface area contributed by atoms with Gasteiger partial charge in [0.2, 0.25) is 0 Å². The first-order valence-electron chi connectivity index (χ1n) is 41.0. The van der Waals surface area contributed by atoms with E-state index in [9.17, 15) is 43.2 Å². The molecule has 0 radical (unpaired) electrons. The van der Waals surface area contributed by atoms with Gasteiger partial charge < -0.3 is 33.8 Å². The predicted octanol–water partition coefficient (Wildman–Crippen LogP) is 24.4. The standard InChI is InChI=1S/C91H142O17P2/c1-5-9-13-17-21-25-29-33-37-40-42-45-49-52-56-60-64-68-72-76-89(94)102-82-87(108-91(96)78-74-70-66-62-58-54-50-46-43-41-38-34-30-26-22-18-14-10-6-2)84-106-110(99,100)104-80-85(92)79-103-109(97,98)105-83-86(107-90(95)77-73-69-65-61-57-53-47-36-32-28-24-20-16-12-8-4)81-101-88(93)75-71-67-63-59-55-51-48-44-39-35-31-27-23-19-15-11-7-3/h9-11,13-15,21-28,33-39,42-43,45-48,51-52,54,56,58-59,63-64,68,85-87,92H,5-8,12,16-20,29-32,40-41,44,49-50,53,55,57,60-62,65-67,69-84H2,1-4H3,(H,97,98)(H,99,100)/b13-9-,14-10-,15-11-,25-21-,26-22-,27-23-,28-24-,37-33-,38-34-,39-35-,45-42-,46-43-,47-36-,51-48-,56-52-,58-54-,63-59-,68-64-. The molecule has 0 aromatic carbocycles. The van der Waals surface area contributed by atoms with E-state index in [0.717, 1.165) is 161 Å².